The zero-order chi connectivity index (χ0) is 15.0. The number of hydrogen-bond donors (Lipinski definition) is 2. The summed E-state index contributed by atoms with van der Waals surface area (Å²) in [6, 6.07) is 7.87. The summed E-state index contributed by atoms with van der Waals surface area (Å²) in [5.41, 5.74) is 0.942. The molecule has 0 aliphatic heterocycles. The predicted octanol–water partition coefficient (Wildman–Crippen LogP) is 3.53. The van der Waals surface area contributed by atoms with Crippen LogP contribution in [0, 0.1) is 5.92 Å². The standard InChI is InChI=1S/C17H29NO2/c1-5-11-20-15-9-7-14(8-10-15)17(19)16(6-2)18-12-13(3)4/h7-10,13,16-19H,5-6,11-12H2,1-4H3. The molecule has 0 amide bonds. The molecule has 3 heteroatoms. The molecule has 0 bridgehead atoms. The maximum atomic E-state index is 10.5. The van der Waals surface area contributed by atoms with E-state index < -0.39 is 6.10 Å². The van der Waals surface area contributed by atoms with Gasteiger partial charge in [-0.1, -0.05) is 39.8 Å². The van der Waals surface area contributed by atoms with Gasteiger partial charge < -0.3 is 15.2 Å². The SMILES string of the molecule is CCCOc1ccc(C(O)C(CC)NCC(C)C)cc1. The van der Waals surface area contributed by atoms with E-state index in [0.717, 1.165) is 37.3 Å². The highest BCUT2D eigenvalue weighted by atomic mass is 16.5. The van der Waals surface area contributed by atoms with Crippen molar-refractivity contribution in [2.24, 2.45) is 5.92 Å². The van der Waals surface area contributed by atoms with Crippen molar-refractivity contribution >= 4 is 0 Å². The lowest BCUT2D eigenvalue weighted by Crippen LogP contribution is -2.36. The van der Waals surface area contributed by atoms with Crippen LogP contribution in [0.15, 0.2) is 24.3 Å². The molecular weight excluding hydrogens is 250 g/mol. The molecule has 0 aromatic heterocycles. The summed E-state index contributed by atoms with van der Waals surface area (Å²) in [6.45, 7) is 10.2. The average molecular weight is 279 g/mol. The molecule has 0 aliphatic carbocycles. The van der Waals surface area contributed by atoms with Crippen molar-refractivity contribution < 1.29 is 9.84 Å². The van der Waals surface area contributed by atoms with Gasteiger partial charge in [-0.25, -0.2) is 0 Å². The third kappa shape index (κ3) is 5.51. The van der Waals surface area contributed by atoms with Gasteiger partial charge >= 0.3 is 0 Å². The summed E-state index contributed by atoms with van der Waals surface area (Å²) in [5, 5.41) is 13.9. The van der Waals surface area contributed by atoms with E-state index in [1.165, 1.54) is 0 Å². The molecule has 1 aromatic carbocycles. The van der Waals surface area contributed by atoms with Gasteiger partial charge in [0.2, 0.25) is 0 Å². The van der Waals surface area contributed by atoms with E-state index in [1.807, 2.05) is 24.3 Å². The molecule has 0 spiro atoms. The van der Waals surface area contributed by atoms with Gasteiger partial charge in [0, 0.05) is 6.04 Å². The molecule has 0 radical (unpaired) electrons. The van der Waals surface area contributed by atoms with Crippen LogP contribution in [0.25, 0.3) is 0 Å². The summed E-state index contributed by atoms with van der Waals surface area (Å²) in [4.78, 5) is 0. The molecule has 1 rings (SSSR count). The number of nitrogens with one attached hydrogen (secondary N) is 1. The number of ether oxygens (including phenoxy) is 1. The Morgan fingerprint density at radius 2 is 1.80 bits per heavy atom. The summed E-state index contributed by atoms with van der Waals surface area (Å²) >= 11 is 0. The fourth-order valence-corrected chi connectivity index (χ4v) is 2.08. The average Bonchev–Trinajstić information content (AvgIpc) is 2.45. The van der Waals surface area contributed by atoms with Crippen LogP contribution in [0.1, 0.15) is 52.2 Å². The van der Waals surface area contributed by atoms with E-state index in [2.05, 4.69) is 33.0 Å². The second kappa shape index (κ2) is 8.98. The number of aliphatic hydroxyl groups excluding tert-OH is 1. The first-order valence-corrected chi connectivity index (χ1v) is 7.72. The molecule has 114 valence electrons. The predicted molar refractivity (Wildman–Crippen MR) is 84.1 cm³/mol. The maximum absolute atomic E-state index is 10.5. The van der Waals surface area contributed by atoms with Crippen molar-refractivity contribution in [2.75, 3.05) is 13.2 Å². The highest BCUT2D eigenvalue weighted by Gasteiger charge is 2.18. The number of aliphatic hydroxyl groups is 1. The molecule has 2 unspecified atom stereocenters. The first kappa shape index (κ1) is 17.0. The minimum atomic E-state index is -0.473. The lowest BCUT2D eigenvalue weighted by molar-refractivity contribution is 0.124. The first-order chi connectivity index (χ1) is 9.58. The first-order valence-electron chi connectivity index (χ1n) is 7.72. The van der Waals surface area contributed by atoms with Crippen LogP contribution in [-0.2, 0) is 0 Å². The molecule has 0 saturated carbocycles. The van der Waals surface area contributed by atoms with Gasteiger partial charge in [0.1, 0.15) is 5.75 Å². The van der Waals surface area contributed by atoms with Crippen LogP contribution >= 0.6 is 0 Å². The lowest BCUT2D eigenvalue weighted by Gasteiger charge is -2.24. The van der Waals surface area contributed by atoms with Gasteiger partial charge in [-0.2, -0.15) is 0 Å². The van der Waals surface area contributed by atoms with Gasteiger partial charge in [0.05, 0.1) is 12.7 Å². The third-order valence-corrected chi connectivity index (χ3v) is 3.30. The molecule has 3 nitrogen and oxygen atoms in total. The summed E-state index contributed by atoms with van der Waals surface area (Å²) in [6.07, 6.45) is 1.43. The van der Waals surface area contributed by atoms with E-state index in [9.17, 15) is 5.11 Å². The normalized spacial score (nSPS) is 14.3. The molecule has 20 heavy (non-hydrogen) atoms. The highest BCUT2D eigenvalue weighted by Crippen LogP contribution is 2.22. The monoisotopic (exact) mass is 279 g/mol. The largest absolute Gasteiger partial charge is 0.494 e. The smallest absolute Gasteiger partial charge is 0.119 e. The third-order valence-electron chi connectivity index (χ3n) is 3.30. The Labute approximate surface area is 123 Å². The van der Waals surface area contributed by atoms with Crippen LogP contribution < -0.4 is 10.1 Å². The van der Waals surface area contributed by atoms with Crippen molar-refractivity contribution in [1.82, 2.24) is 5.32 Å². The van der Waals surface area contributed by atoms with Crippen molar-refractivity contribution in [3.8, 4) is 5.75 Å². The minimum absolute atomic E-state index is 0.0970. The van der Waals surface area contributed by atoms with Crippen LogP contribution in [0.5, 0.6) is 5.75 Å². The van der Waals surface area contributed by atoms with Crippen molar-refractivity contribution in [3.63, 3.8) is 0 Å². The van der Waals surface area contributed by atoms with Gasteiger partial charge in [-0.05, 0) is 43.0 Å². The van der Waals surface area contributed by atoms with E-state index in [0.29, 0.717) is 5.92 Å². The van der Waals surface area contributed by atoms with Crippen molar-refractivity contribution in [3.05, 3.63) is 29.8 Å². The quantitative estimate of drug-likeness (QED) is 0.726. The van der Waals surface area contributed by atoms with Crippen LogP contribution in [0.4, 0.5) is 0 Å². The Kier molecular flexibility index (Phi) is 7.63. The fraction of sp³-hybridized carbons (Fsp3) is 0.647. The Bertz CT molecular complexity index is 362. The summed E-state index contributed by atoms with van der Waals surface area (Å²) in [7, 11) is 0. The molecule has 2 atom stereocenters. The van der Waals surface area contributed by atoms with Crippen LogP contribution in [0.2, 0.25) is 0 Å². The molecule has 1 aromatic rings. The Morgan fingerprint density at radius 1 is 1.15 bits per heavy atom. The Morgan fingerprint density at radius 3 is 2.30 bits per heavy atom. The molecule has 0 aliphatic rings. The molecular formula is C17H29NO2. The van der Waals surface area contributed by atoms with E-state index >= 15 is 0 Å². The highest BCUT2D eigenvalue weighted by molar-refractivity contribution is 5.29. The Hall–Kier alpha value is -1.06. The lowest BCUT2D eigenvalue weighted by atomic mass is 9.99. The van der Waals surface area contributed by atoms with E-state index in [-0.39, 0.29) is 6.04 Å². The molecule has 2 N–H and O–H groups in total. The second-order valence-corrected chi connectivity index (χ2v) is 5.68. The molecule has 0 heterocycles. The second-order valence-electron chi connectivity index (χ2n) is 5.68. The number of benzene rings is 1. The summed E-state index contributed by atoms with van der Waals surface area (Å²) < 4.78 is 5.56. The van der Waals surface area contributed by atoms with Gasteiger partial charge in [-0.3, -0.25) is 0 Å². The van der Waals surface area contributed by atoms with E-state index in [1.54, 1.807) is 0 Å². The van der Waals surface area contributed by atoms with E-state index in [4.69, 9.17) is 4.74 Å². The topological polar surface area (TPSA) is 41.5 Å². The number of hydrogen-bond acceptors (Lipinski definition) is 3. The zero-order valence-corrected chi connectivity index (χ0v) is 13.2. The van der Waals surface area contributed by atoms with Gasteiger partial charge in [0.25, 0.3) is 0 Å². The van der Waals surface area contributed by atoms with Gasteiger partial charge in [-0.15, -0.1) is 0 Å². The van der Waals surface area contributed by atoms with Crippen molar-refractivity contribution in [1.29, 1.82) is 0 Å². The number of rotatable bonds is 9. The minimum Gasteiger partial charge on any atom is -0.494 e. The zero-order valence-electron chi connectivity index (χ0n) is 13.2. The van der Waals surface area contributed by atoms with Gasteiger partial charge in [0.15, 0.2) is 0 Å². The van der Waals surface area contributed by atoms with Crippen LogP contribution in [-0.4, -0.2) is 24.3 Å². The maximum Gasteiger partial charge on any atom is 0.119 e. The molecule has 0 fully saturated rings. The molecule has 0 saturated heterocycles. The van der Waals surface area contributed by atoms with Crippen LogP contribution in [0.3, 0.4) is 0 Å². The Balaban J connectivity index is 2.62. The van der Waals surface area contributed by atoms with Crippen molar-refractivity contribution in [2.45, 2.75) is 52.7 Å². The summed E-state index contributed by atoms with van der Waals surface area (Å²) in [5.74, 6) is 1.45. The fourth-order valence-electron chi connectivity index (χ4n) is 2.08.